The first kappa shape index (κ1) is 14.4. The Labute approximate surface area is 122 Å². The Hall–Kier alpha value is -1.06. The number of hydrogen-bond donors (Lipinski definition) is 0. The molecule has 2 aliphatic rings. The molecular weight excluding hydrogens is 306 g/mol. The van der Waals surface area contributed by atoms with Crippen molar-refractivity contribution in [3.05, 3.63) is 29.1 Å². The van der Waals surface area contributed by atoms with E-state index >= 15 is 0 Å². The zero-order valence-electron chi connectivity index (χ0n) is 11.5. The summed E-state index contributed by atoms with van der Waals surface area (Å²) in [6.45, 7) is 0. The van der Waals surface area contributed by atoms with E-state index in [4.69, 9.17) is 10.3 Å². The van der Waals surface area contributed by atoms with Crippen LogP contribution in [0.15, 0.2) is 23.6 Å². The Kier molecular flexibility index (Phi) is 4.83. The molecule has 0 heterocycles. The lowest BCUT2D eigenvalue weighted by molar-refractivity contribution is -0.00614. The average molecular weight is 326 g/mol. The fourth-order valence-corrected chi connectivity index (χ4v) is 3.51. The number of nitrogens with zero attached hydrogens (tertiary/aromatic N) is 3. The van der Waals surface area contributed by atoms with E-state index in [1.54, 1.807) is 7.11 Å². The van der Waals surface area contributed by atoms with Crippen molar-refractivity contribution in [1.29, 1.82) is 0 Å². The molecule has 0 N–H and O–H groups in total. The minimum Gasteiger partial charge on any atom is -0.497 e. The molecule has 1 unspecified atom stereocenters. The van der Waals surface area contributed by atoms with Crippen LogP contribution in [-0.4, -0.2) is 40.4 Å². The maximum Gasteiger partial charge on any atom is 0.313 e. The van der Waals surface area contributed by atoms with E-state index in [0.717, 1.165) is 11.5 Å². The molecule has 0 radical (unpaired) electrons. The highest BCUT2D eigenvalue weighted by atomic mass is 79.9. The minimum atomic E-state index is -0.187. The number of halogens is 1. The molecule has 5 heteroatoms. The van der Waals surface area contributed by atoms with Crippen LogP contribution in [0.2, 0.25) is 0 Å². The first-order valence-electron chi connectivity index (χ1n) is 6.74. The van der Waals surface area contributed by atoms with E-state index in [-0.39, 0.29) is 4.83 Å². The smallest absolute Gasteiger partial charge is 0.313 e. The van der Waals surface area contributed by atoms with E-state index in [2.05, 4.69) is 32.7 Å². The summed E-state index contributed by atoms with van der Waals surface area (Å²) in [5, 5.41) is 0. The van der Waals surface area contributed by atoms with Gasteiger partial charge in [0.25, 0.3) is 0 Å². The molecule has 2 rings (SSSR count). The molecule has 2 aliphatic carbocycles. The first-order chi connectivity index (χ1) is 9.19. The Morgan fingerprint density at radius 3 is 2.58 bits per heavy atom. The molecule has 0 aromatic carbocycles. The van der Waals surface area contributed by atoms with Crippen LogP contribution in [0.5, 0.6) is 0 Å². The highest BCUT2D eigenvalue weighted by Crippen LogP contribution is 2.30. The molecule has 1 fully saturated rings. The van der Waals surface area contributed by atoms with Gasteiger partial charge in [-0.05, 0) is 18.9 Å². The van der Waals surface area contributed by atoms with Gasteiger partial charge in [-0.1, -0.05) is 35.2 Å². The van der Waals surface area contributed by atoms with E-state index in [9.17, 15) is 0 Å². The van der Waals surface area contributed by atoms with Crippen molar-refractivity contribution < 1.29 is 9.53 Å². The molecule has 19 heavy (non-hydrogen) atoms. The van der Waals surface area contributed by atoms with E-state index in [1.165, 1.54) is 32.1 Å². The topological polar surface area (TPSA) is 48.9 Å². The number of allylic oxidation sites excluding steroid dienone is 3. The molecule has 0 saturated heterocycles. The molecule has 1 saturated carbocycles. The Balaban J connectivity index is 2.25. The summed E-state index contributed by atoms with van der Waals surface area (Å²) in [7, 11) is 3.78. The monoisotopic (exact) mass is 325 g/mol. The van der Waals surface area contributed by atoms with Gasteiger partial charge in [0.2, 0.25) is 0 Å². The van der Waals surface area contributed by atoms with Gasteiger partial charge in [0.05, 0.1) is 12.8 Å². The second-order valence-electron chi connectivity index (χ2n) is 5.08. The van der Waals surface area contributed by atoms with Crippen molar-refractivity contribution in [3.63, 3.8) is 0 Å². The third kappa shape index (κ3) is 2.93. The minimum absolute atomic E-state index is 0.187. The molecule has 4 nitrogen and oxygen atoms in total. The molecule has 1 atom stereocenters. The predicted octanol–water partition coefficient (Wildman–Crippen LogP) is 3.11. The Morgan fingerprint density at radius 2 is 2.00 bits per heavy atom. The van der Waals surface area contributed by atoms with Crippen molar-refractivity contribution in [2.45, 2.75) is 43.0 Å². The van der Waals surface area contributed by atoms with Crippen LogP contribution >= 0.6 is 15.9 Å². The number of methoxy groups -OCH3 is 1. The maximum absolute atomic E-state index is 8.96. The molecule has 0 spiro atoms. The Morgan fingerprint density at radius 1 is 1.32 bits per heavy atom. The normalized spacial score (nSPS) is 24.4. The van der Waals surface area contributed by atoms with E-state index in [1.807, 2.05) is 12.2 Å². The van der Waals surface area contributed by atoms with E-state index < -0.39 is 0 Å². The van der Waals surface area contributed by atoms with Gasteiger partial charge in [-0.15, -0.1) is 0 Å². The summed E-state index contributed by atoms with van der Waals surface area (Å²) in [5.74, 6) is 0.809. The van der Waals surface area contributed by atoms with Crippen LogP contribution < -0.4 is 0 Å². The lowest BCUT2D eigenvalue weighted by atomic mass is 9.93. The highest BCUT2D eigenvalue weighted by Gasteiger charge is 2.32. The Bertz CT molecular complexity index is 446. The number of ether oxygens (including phenoxy) is 1. The van der Waals surface area contributed by atoms with Gasteiger partial charge in [0.1, 0.15) is 5.76 Å². The number of hydrogen-bond acceptors (Lipinski definition) is 2. The van der Waals surface area contributed by atoms with Crippen molar-refractivity contribution in [3.8, 4) is 0 Å². The molecule has 104 valence electrons. The molecule has 0 bridgehead atoms. The first-order valence-corrected chi connectivity index (χ1v) is 7.65. The second kappa shape index (κ2) is 6.40. The molecular formula is C14H20BrN3O. The largest absolute Gasteiger partial charge is 0.497 e. The van der Waals surface area contributed by atoms with Crippen LogP contribution in [-0.2, 0) is 4.74 Å². The maximum atomic E-state index is 8.96. The van der Waals surface area contributed by atoms with Gasteiger partial charge in [-0.25, -0.2) is 0 Å². The summed E-state index contributed by atoms with van der Waals surface area (Å²) < 4.78 is 5.51. The second-order valence-corrected chi connectivity index (χ2v) is 5.99. The summed E-state index contributed by atoms with van der Waals surface area (Å²) in [6, 6.07) is 0.575. The fourth-order valence-electron chi connectivity index (χ4n) is 2.84. The molecule has 0 amide bonds. The summed E-state index contributed by atoms with van der Waals surface area (Å²) >= 11 is 3.52. The zero-order chi connectivity index (χ0) is 13.8. The molecule has 0 aromatic heterocycles. The van der Waals surface area contributed by atoms with Crippen molar-refractivity contribution in [1.82, 2.24) is 4.90 Å². The lowest BCUT2D eigenvalue weighted by Crippen LogP contribution is -2.36. The molecule has 0 aliphatic heterocycles. The summed E-state index contributed by atoms with van der Waals surface area (Å²) in [4.78, 5) is 5.40. The number of likely N-dealkylation sites (N-methyl/N-ethyl adjacent to an activating group) is 1. The van der Waals surface area contributed by atoms with Gasteiger partial charge in [-0.3, -0.25) is 0 Å². The van der Waals surface area contributed by atoms with Crippen LogP contribution in [0.4, 0.5) is 0 Å². The van der Waals surface area contributed by atoms with Gasteiger partial charge in [0, 0.05) is 19.2 Å². The van der Waals surface area contributed by atoms with Crippen molar-refractivity contribution >= 4 is 21.6 Å². The fraction of sp³-hybridized carbons (Fsp3) is 0.643. The SMILES string of the molecule is COC1=C(N(C)C2CCCCC2)C=CC(=[N+]=[N-])C1Br. The third-order valence-electron chi connectivity index (χ3n) is 3.99. The zero-order valence-corrected chi connectivity index (χ0v) is 13.1. The van der Waals surface area contributed by atoms with Crippen LogP contribution in [0.3, 0.4) is 0 Å². The van der Waals surface area contributed by atoms with E-state index in [0.29, 0.717) is 11.8 Å². The highest BCUT2D eigenvalue weighted by molar-refractivity contribution is 9.10. The standard InChI is InChI=1S/C14H20BrN3O/c1-18(10-6-4-3-5-7-10)12-9-8-11(17-16)13(15)14(12)19-2/h8-10,13H,3-7H2,1-2H3. The lowest BCUT2D eigenvalue weighted by Gasteiger charge is -2.35. The van der Waals surface area contributed by atoms with Crippen LogP contribution in [0, 0.1) is 0 Å². The quantitative estimate of drug-likeness (QED) is 0.454. The summed E-state index contributed by atoms with van der Waals surface area (Å²) in [5.41, 5.74) is 10.6. The van der Waals surface area contributed by atoms with Gasteiger partial charge >= 0.3 is 5.71 Å². The molecule has 0 aromatic rings. The van der Waals surface area contributed by atoms with Gasteiger partial charge in [-0.2, -0.15) is 4.79 Å². The average Bonchev–Trinajstić information content (AvgIpc) is 2.47. The van der Waals surface area contributed by atoms with Crippen LogP contribution in [0.25, 0.3) is 5.53 Å². The predicted molar refractivity (Wildman–Crippen MR) is 79.2 cm³/mol. The van der Waals surface area contributed by atoms with Crippen molar-refractivity contribution in [2.24, 2.45) is 0 Å². The number of rotatable bonds is 3. The number of alkyl halides is 1. The van der Waals surface area contributed by atoms with Crippen molar-refractivity contribution in [2.75, 3.05) is 14.2 Å². The van der Waals surface area contributed by atoms with Crippen LogP contribution in [0.1, 0.15) is 32.1 Å². The van der Waals surface area contributed by atoms with Gasteiger partial charge < -0.3 is 15.2 Å². The van der Waals surface area contributed by atoms with Gasteiger partial charge in [0.15, 0.2) is 4.83 Å². The third-order valence-corrected chi connectivity index (χ3v) is 4.88. The summed E-state index contributed by atoms with van der Waals surface area (Å²) in [6.07, 6.45) is 10.2.